The number of hydrogen-bond acceptors (Lipinski definition) is 5. The molecule has 7 nitrogen and oxygen atoms in total. The molecule has 0 aromatic rings. The first-order chi connectivity index (χ1) is 21.7. The molecule has 2 N–H and O–H groups in total. The zero-order valence-electron chi connectivity index (χ0n) is 29.1. The molecule has 7 heteroatoms. The van der Waals surface area contributed by atoms with Crippen LogP contribution in [0.25, 0.3) is 0 Å². The van der Waals surface area contributed by atoms with Gasteiger partial charge in [0.25, 0.3) is 0 Å². The number of ether oxygens (including phenoxy) is 1. The van der Waals surface area contributed by atoms with Gasteiger partial charge in [-0.3, -0.25) is 19.2 Å². The third kappa shape index (κ3) is 21.1. The molecule has 0 aliphatic rings. The first-order valence-corrected chi connectivity index (χ1v) is 18.3. The molecule has 0 amide bonds. The van der Waals surface area contributed by atoms with Gasteiger partial charge in [-0.2, -0.15) is 0 Å². The second kappa shape index (κ2) is 29.0. The zero-order valence-corrected chi connectivity index (χ0v) is 29.1. The standard InChI is InChI=1S/C38H66O7/c1-5-9-11-13-15-17-19-21-23-25-29-33(31(27-7-3)35(39)40)37(43)45-38(44)34(32(28-8-4)36(41)42)30-26-24-22-20-18-16-14-12-10-6-2/h15-18,31-34H,5-14,19-30H2,1-4H3,(H,39,40)(H,41,42)/b17-15+,18-16+. The number of rotatable bonds is 30. The summed E-state index contributed by atoms with van der Waals surface area (Å²) in [4.78, 5) is 51.1. The van der Waals surface area contributed by atoms with E-state index in [1.165, 1.54) is 38.5 Å². The maximum Gasteiger partial charge on any atom is 0.317 e. The highest BCUT2D eigenvalue weighted by atomic mass is 16.6. The van der Waals surface area contributed by atoms with Gasteiger partial charge in [-0.1, -0.05) is 116 Å². The van der Waals surface area contributed by atoms with Crippen LogP contribution in [-0.4, -0.2) is 34.1 Å². The molecule has 0 aliphatic heterocycles. The number of aliphatic carboxylic acids is 2. The summed E-state index contributed by atoms with van der Waals surface area (Å²) in [6.07, 6.45) is 27.6. The normalized spacial score (nSPS) is 14.4. The molecule has 4 atom stereocenters. The minimum atomic E-state index is -1.06. The summed E-state index contributed by atoms with van der Waals surface area (Å²) in [7, 11) is 0. The van der Waals surface area contributed by atoms with Crippen molar-refractivity contribution in [2.45, 2.75) is 169 Å². The van der Waals surface area contributed by atoms with Gasteiger partial charge in [0.05, 0.1) is 23.7 Å². The van der Waals surface area contributed by atoms with Gasteiger partial charge in [0, 0.05) is 0 Å². The number of carboxylic acids is 2. The van der Waals surface area contributed by atoms with Crippen molar-refractivity contribution in [3.8, 4) is 0 Å². The second-order valence-electron chi connectivity index (χ2n) is 12.6. The number of carbonyl (C=O) groups is 4. The van der Waals surface area contributed by atoms with Crippen molar-refractivity contribution < 1.29 is 34.1 Å². The quantitative estimate of drug-likeness (QED) is 0.0349. The van der Waals surface area contributed by atoms with E-state index in [1.807, 2.05) is 13.8 Å². The molecule has 0 aromatic carbocycles. The molecule has 0 rings (SSSR count). The SMILES string of the molecule is CCCCC/C=C/CCCCCC(C(=O)OC(=O)C(CCCCC/C=C/CCCCC)C(CCC)C(=O)O)C(CCC)C(=O)O. The topological polar surface area (TPSA) is 118 Å². The van der Waals surface area contributed by atoms with Gasteiger partial charge in [0.2, 0.25) is 0 Å². The Hall–Kier alpha value is -2.44. The molecular formula is C38H66O7. The van der Waals surface area contributed by atoms with E-state index in [1.54, 1.807) is 0 Å². The lowest BCUT2D eigenvalue weighted by atomic mass is 9.83. The molecular weight excluding hydrogens is 568 g/mol. The Bertz CT molecular complexity index is 779. The average Bonchev–Trinajstić information content (AvgIpc) is 3.00. The Labute approximate surface area is 274 Å². The van der Waals surface area contributed by atoms with E-state index in [0.717, 1.165) is 51.4 Å². The summed E-state index contributed by atoms with van der Waals surface area (Å²) < 4.78 is 5.39. The van der Waals surface area contributed by atoms with Crippen molar-refractivity contribution in [2.75, 3.05) is 0 Å². The van der Waals surface area contributed by atoms with E-state index in [9.17, 15) is 29.4 Å². The maximum atomic E-state index is 13.4. The van der Waals surface area contributed by atoms with Crippen LogP contribution in [0.4, 0.5) is 0 Å². The molecule has 0 fully saturated rings. The minimum Gasteiger partial charge on any atom is -0.481 e. The van der Waals surface area contributed by atoms with Gasteiger partial charge in [0.1, 0.15) is 0 Å². The summed E-state index contributed by atoms with van der Waals surface area (Å²) in [5.41, 5.74) is 0. The Morgan fingerprint density at radius 1 is 0.444 bits per heavy atom. The van der Waals surface area contributed by atoms with Crippen LogP contribution >= 0.6 is 0 Å². The van der Waals surface area contributed by atoms with Gasteiger partial charge in [-0.25, -0.2) is 0 Å². The lowest BCUT2D eigenvalue weighted by molar-refractivity contribution is -0.173. The van der Waals surface area contributed by atoms with E-state index in [0.29, 0.717) is 51.4 Å². The van der Waals surface area contributed by atoms with Crippen molar-refractivity contribution in [3.05, 3.63) is 24.3 Å². The predicted molar refractivity (Wildman–Crippen MR) is 183 cm³/mol. The van der Waals surface area contributed by atoms with Crippen LogP contribution in [0.1, 0.15) is 169 Å². The number of unbranched alkanes of at least 4 members (excludes halogenated alkanes) is 12. The minimum absolute atomic E-state index is 0.313. The molecule has 0 aromatic heterocycles. The maximum absolute atomic E-state index is 13.4. The monoisotopic (exact) mass is 634 g/mol. The van der Waals surface area contributed by atoms with Crippen molar-refractivity contribution in [2.24, 2.45) is 23.7 Å². The fourth-order valence-corrected chi connectivity index (χ4v) is 5.93. The molecule has 45 heavy (non-hydrogen) atoms. The molecule has 260 valence electrons. The highest BCUT2D eigenvalue weighted by molar-refractivity contribution is 5.92. The molecule has 0 saturated heterocycles. The third-order valence-corrected chi connectivity index (χ3v) is 8.67. The Morgan fingerprint density at radius 3 is 1.07 bits per heavy atom. The first kappa shape index (κ1) is 42.6. The van der Waals surface area contributed by atoms with Gasteiger partial charge >= 0.3 is 23.9 Å². The lowest BCUT2D eigenvalue weighted by Crippen LogP contribution is -2.37. The van der Waals surface area contributed by atoms with Gasteiger partial charge in [0.15, 0.2) is 0 Å². The van der Waals surface area contributed by atoms with Gasteiger partial charge < -0.3 is 14.9 Å². The Balaban J connectivity index is 5.31. The van der Waals surface area contributed by atoms with Crippen LogP contribution < -0.4 is 0 Å². The summed E-state index contributed by atoms with van der Waals surface area (Å²) in [5.74, 6) is -7.52. The molecule has 0 aliphatic carbocycles. The first-order valence-electron chi connectivity index (χ1n) is 18.3. The lowest BCUT2D eigenvalue weighted by Gasteiger charge is -2.25. The van der Waals surface area contributed by atoms with Crippen LogP contribution in [0.2, 0.25) is 0 Å². The molecule has 0 heterocycles. The van der Waals surface area contributed by atoms with E-state index in [4.69, 9.17) is 4.74 Å². The van der Waals surface area contributed by atoms with Gasteiger partial charge in [-0.05, 0) is 77.0 Å². The van der Waals surface area contributed by atoms with E-state index >= 15 is 0 Å². The summed E-state index contributed by atoms with van der Waals surface area (Å²) in [6.45, 7) is 8.12. The van der Waals surface area contributed by atoms with Gasteiger partial charge in [-0.15, -0.1) is 0 Å². The predicted octanol–water partition coefficient (Wildman–Crippen LogP) is 10.5. The second-order valence-corrected chi connectivity index (χ2v) is 12.6. The summed E-state index contributed by atoms with van der Waals surface area (Å²) in [5, 5.41) is 19.9. The smallest absolute Gasteiger partial charge is 0.317 e. The number of esters is 2. The summed E-state index contributed by atoms with van der Waals surface area (Å²) >= 11 is 0. The molecule has 4 unspecified atom stereocenters. The van der Waals surface area contributed by atoms with Crippen molar-refractivity contribution in [1.82, 2.24) is 0 Å². The molecule has 0 spiro atoms. The summed E-state index contributed by atoms with van der Waals surface area (Å²) in [6, 6.07) is 0. The largest absolute Gasteiger partial charge is 0.481 e. The van der Waals surface area contributed by atoms with Crippen LogP contribution in [0.5, 0.6) is 0 Å². The Kier molecular flexibility index (Phi) is 27.4. The highest BCUT2D eigenvalue weighted by Crippen LogP contribution is 2.29. The van der Waals surface area contributed by atoms with Crippen LogP contribution in [0.3, 0.4) is 0 Å². The number of carbonyl (C=O) groups excluding carboxylic acids is 2. The Morgan fingerprint density at radius 2 is 0.778 bits per heavy atom. The fraction of sp³-hybridized carbons (Fsp3) is 0.789. The van der Waals surface area contributed by atoms with Crippen LogP contribution in [0.15, 0.2) is 24.3 Å². The number of carboxylic acid groups (broad SMARTS) is 2. The van der Waals surface area contributed by atoms with Crippen LogP contribution in [-0.2, 0) is 23.9 Å². The van der Waals surface area contributed by atoms with Crippen molar-refractivity contribution in [3.63, 3.8) is 0 Å². The van der Waals surface area contributed by atoms with Crippen LogP contribution in [0, 0.1) is 23.7 Å². The molecule has 0 bridgehead atoms. The molecule has 0 radical (unpaired) electrons. The average molecular weight is 635 g/mol. The zero-order chi connectivity index (χ0) is 33.7. The fourth-order valence-electron chi connectivity index (χ4n) is 5.93. The molecule has 0 saturated carbocycles. The van der Waals surface area contributed by atoms with E-state index in [2.05, 4.69) is 38.2 Å². The third-order valence-electron chi connectivity index (χ3n) is 8.67. The van der Waals surface area contributed by atoms with E-state index in [-0.39, 0.29) is 0 Å². The van der Waals surface area contributed by atoms with Crippen molar-refractivity contribution in [1.29, 1.82) is 0 Å². The highest BCUT2D eigenvalue weighted by Gasteiger charge is 2.39. The van der Waals surface area contributed by atoms with E-state index < -0.39 is 47.5 Å². The number of allylic oxidation sites excluding steroid dienone is 4. The number of hydrogen-bond donors (Lipinski definition) is 2. The van der Waals surface area contributed by atoms with Crippen molar-refractivity contribution >= 4 is 23.9 Å².